The summed E-state index contributed by atoms with van der Waals surface area (Å²) in [6, 6.07) is -1.19. The largest absolute Gasteiger partial charge is 0.394 e. The van der Waals surface area contributed by atoms with E-state index in [1.165, 1.54) is 0 Å². The molecule has 0 aromatic carbocycles. The smallest absolute Gasteiger partial charge is 0.247 e. The van der Waals surface area contributed by atoms with Gasteiger partial charge in [-0.25, -0.2) is 0 Å². The number of likely N-dealkylation sites (tertiary alicyclic amines) is 1. The zero-order valence-electron chi connectivity index (χ0n) is 21.1. The molecule has 34 heavy (non-hydrogen) atoms. The maximum absolute atomic E-state index is 14.2. The lowest BCUT2D eigenvalue weighted by Gasteiger charge is -2.40. The summed E-state index contributed by atoms with van der Waals surface area (Å²) in [5.41, 5.74) is 0. The van der Waals surface area contributed by atoms with E-state index >= 15 is 0 Å². The topological polar surface area (TPSA) is 81.2 Å². The van der Waals surface area contributed by atoms with Gasteiger partial charge in [-0.15, -0.1) is 11.8 Å². The second kappa shape index (κ2) is 9.34. The maximum atomic E-state index is 14.2. The van der Waals surface area contributed by atoms with Crippen molar-refractivity contribution in [2.45, 2.75) is 81.5 Å². The van der Waals surface area contributed by atoms with Crippen LogP contribution in [0.3, 0.4) is 0 Å². The van der Waals surface area contributed by atoms with Gasteiger partial charge < -0.3 is 19.8 Å². The normalized spacial score (nSPS) is 36.8. The predicted octanol–water partition coefficient (Wildman–Crippen LogP) is 2.45. The highest BCUT2D eigenvalue weighted by molar-refractivity contribution is 8.02. The third-order valence-corrected chi connectivity index (χ3v) is 9.88. The Morgan fingerprint density at radius 1 is 1.00 bits per heavy atom. The number of aliphatic hydroxyl groups is 1. The first kappa shape index (κ1) is 25.3. The number of carbonyl (C=O) groups is 3. The molecule has 0 aromatic rings. The predicted molar refractivity (Wildman–Crippen MR) is 134 cm³/mol. The number of carbonyl (C=O) groups excluding carboxylic acids is 3. The molecule has 4 heterocycles. The highest BCUT2D eigenvalue weighted by Crippen LogP contribution is 2.65. The molecule has 2 saturated heterocycles. The summed E-state index contributed by atoms with van der Waals surface area (Å²) >= 11 is 1.60. The van der Waals surface area contributed by atoms with Crippen LogP contribution in [-0.2, 0) is 14.4 Å². The van der Waals surface area contributed by atoms with Crippen LogP contribution in [0.5, 0.6) is 0 Å². The van der Waals surface area contributed by atoms with Gasteiger partial charge in [0.15, 0.2) is 0 Å². The van der Waals surface area contributed by atoms with E-state index in [0.29, 0.717) is 19.6 Å². The minimum atomic E-state index is -0.840. The number of aliphatic hydroxyl groups excluding tert-OH is 1. The fourth-order valence-electron chi connectivity index (χ4n) is 6.53. The lowest BCUT2D eigenvalue weighted by atomic mass is 9.74. The van der Waals surface area contributed by atoms with Crippen LogP contribution in [0.4, 0.5) is 0 Å². The number of hydrogen-bond donors (Lipinski definition) is 1. The van der Waals surface area contributed by atoms with Crippen molar-refractivity contribution >= 4 is 29.5 Å². The van der Waals surface area contributed by atoms with Gasteiger partial charge in [-0.2, -0.15) is 0 Å². The van der Waals surface area contributed by atoms with Crippen LogP contribution in [0.15, 0.2) is 24.3 Å². The third-order valence-electron chi connectivity index (χ3n) is 8.08. The molecule has 8 heteroatoms. The molecule has 1 N–H and O–H groups in total. The molecule has 7 atom stereocenters. The van der Waals surface area contributed by atoms with Crippen molar-refractivity contribution < 1.29 is 19.5 Å². The third kappa shape index (κ3) is 3.63. The van der Waals surface area contributed by atoms with Gasteiger partial charge in [-0.1, -0.05) is 44.6 Å². The van der Waals surface area contributed by atoms with Crippen LogP contribution in [-0.4, -0.2) is 91.4 Å². The molecule has 4 aliphatic heterocycles. The Hall–Kier alpha value is -1.80. The van der Waals surface area contributed by atoms with Gasteiger partial charge >= 0.3 is 0 Å². The van der Waals surface area contributed by atoms with Gasteiger partial charge in [-0.3, -0.25) is 14.4 Å². The van der Waals surface area contributed by atoms with Gasteiger partial charge in [-0.05, 0) is 33.6 Å². The number of amides is 3. The molecule has 1 spiro atoms. The number of rotatable bonds is 7. The zero-order chi connectivity index (χ0) is 24.8. The minimum absolute atomic E-state index is 0.00405. The molecule has 2 fully saturated rings. The van der Waals surface area contributed by atoms with E-state index in [1.807, 2.05) is 35.8 Å². The summed E-state index contributed by atoms with van der Waals surface area (Å²) < 4.78 is -1.42. The van der Waals surface area contributed by atoms with Crippen molar-refractivity contribution in [2.75, 3.05) is 26.2 Å². The quantitative estimate of drug-likeness (QED) is 0.556. The van der Waals surface area contributed by atoms with E-state index in [0.717, 1.165) is 19.3 Å². The molecule has 0 saturated carbocycles. The summed E-state index contributed by atoms with van der Waals surface area (Å²) in [6.45, 7) is 11.5. The molecule has 7 nitrogen and oxygen atoms in total. The Morgan fingerprint density at radius 3 is 2.35 bits per heavy atom. The van der Waals surface area contributed by atoms with Crippen molar-refractivity contribution in [3.05, 3.63) is 24.3 Å². The van der Waals surface area contributed by atoms with Crippen LogP contribution >= 0.6 is 11.8 Å². The molecule has 4 rings (SSSR count). The van der Waals surface area contributed by atoms with E-state index in [9.17, 15) is 19.5 Å². The second-order valence-electron chi connectivity index (χ2n) is 10.5. The Kier molecular flexibility index (Phi) is 6.95. The highest BCUT2D eigenvalue weighted by Gasteiger charge is 2.74. The van der Waals surface area contributed by atoms with Gasteiger partial charge in [0.05, 0.1) is 29.2 Å². The first-order chi connectivity index (χ1) is 16.2. The van der Waals surface area contributed by atoms with Crippen molar-refractivity contribution in [3.8, 4) is 0 Å². The maximum Gasteiger partial charge on any atom is 0.247 e. The fraction of sp³-hybridized carbons (Fsp3) is 0.731. The van der Waals surface area contributed by atoms with Crippen LogP contribution in [0, 0.1) is 11.8 Å². The number of thioether (sulfide) groups is 1. The summed E-state index contributed by atoms with van der Waals surface area (Å²) in [7, 11) is 0. The molecule has 0 aliphatic carbocycles. The SMILES string of the molecule is CCCC(C)N1CC=C[C@]23S[C@]4(C)C=CCN(CCC)C(=O)[C@@H]4[C@H]2C(=O)N([C@H](C)CO)C3C1=O. The van der Waals surface area contributed by atoms with Crippen molar-refractivity contribution in [1.82, 2.24) is 14.7 Å². The summed E-state index contributed by atoms with van der Waals surface area (Å²) in [5, 5.41) is 10.0. The van der Waals surface area contributed by atoms with Crippen molar-refractivity contribution in [1.29, 1.82) is 0 Å². The molecule has 0 aromatic heterocycles. The van der Waals surface area contributed by atoms with E-state index in [1.54, 1.807) is 23.6 Å². The van der Waals surface area contributed by atoms with Crippen LogP contribution in [0.2, 0.25) is 0 Å². The van der Waals surface area contributed by atoms with Gasteiger partial charge in [0.1, 0.15) is 6.04 Å². The Morgan fingerprint density at radius 2 is 1.71 bits per heavy atom. The van der Waals surface area contributed by atoms with Gasteiger partial charge in [0.25, 0.3) is 0 Å². The van der Waals surface area contributed by atoms with Gasteiger partial charge in [0, 0.05) is 30.4 Å². The molecule has 3 amide bonds. The lowest BCUT2D eigenvalue weighted by molar-refractivity contribution is -0.147. The molecule has 4 aliphatic rings. The van der Waals surface area contributed by atoms with E-state index in [4.69, 9.17) is 0 Å². The van der Waals surface area contributed by atoms with E-state index in [-0.39, 0.29) is 30.4 Å². The fourth-order valence-corrected chi connectivity index (χ4v) is 8.68. The molecule has 0 radical (unpaired) electrons. The minimum Gasteiger partial charge on any atom is -0.394 e. The molecule has 2 unspecified atom stereocenters. The second-order valence-corrected chi connectivity index (χ2v) is 12.3. The van der Waals surface area contributed by atoms with Crippen LogP contribution in [0.25, 0.3) is 0 Å². The lowest BCUT2D eigenvalue weighted by Crippen LogP contribution is -2.57. The molecule has 0 bridgehead atoms. The van der Waals surface area contributed by atoms with Crippen LogP contribution in [0.1, 0.15) is 53.9 Å². The molecule has 188 valence electrons. The van der Waals surface area contributed by atoms with E-state index in [2.05, 4.69) is 26.0 Å². The average Bonchev–Trinajstić information content (AvgIpc) is 3.07. The number of fused-ring (bicyclic) bond motifs is 2. The van der Waals surface area contributed by atoms with Gasteiger partial charge in [0.2, 0.25) is 17.7 Å². The first-order valence-electron chi connectivity index (χ1n) is 12.7. The zero-order valence-corrected chi connectivity index (χ0v) is 21.9. The standard InChI is InChI=1S/C26H39N3O4S/c1-6-10-17(3)28-15-9-12-26-20(23(32)29(18(4)16-30)21(26)24(28)33)19-22(31)27(13-7-2)14-8-11-25(19,5)34-26/h8-9,11-12,17-21,30H,6-7,10,13-16H2,1-5H3/t17?,18-,19+,20+,21?,25-,26+/m1/s1. The Balaban J connectivity index is 1.86. The number of hydrogen-bond acceptors (Lipinski definition) is 5. The Labute approximate surface area is 207 Å². The molecular weight excluding hydrogens is 450 g/mol. The molecular formula is C26H39N3O4S. The van der Waals surface area contributed by atoms with Crippen LogP contribution < -0.4 is 0 Å². The first-order valence-corrected chi connectivity index (χ1v) is 13.6. The highest BCUT2D eigenvalue weighted by atomic mass is 32.2. The van der Waals surface area contributed by atoms with Crippen molar-refractivity contribution in [2.24, 2.45) is 11.8 Å². The van der Waals surface area contributed by atoms with E-state index < -0.39 is 33.4 Å². The average molecular weight is 490 g/mol. The number of nitrogens with zero attached hydrogens (tertiary/aromatic N) is 3. The summed E-state index contributed by atoms with van der Waals surface area (Å²) in [6.07, 6.45) is 10.9. The Bertz CT molecular complexity index is 906. The van der Waals surface area contributed by atoms with Crippen molar-refractivity contribution in [3.63, 3.8) is 0 Å². The summed E-state index contributed by atoms with van der Waals surface area (Å²) in [5.74, 6) is -1.45. The monoisotopic (exact) mass is 489 g/mol. The summed E-state index contributed by atoms with van der Waals surface area (Å²) in [4.78, 5) is 47.5.